The fourth-order valence-corrected chi connectivity index (χ4v) is 2.85. The lowest BCUT2D eigenvalue weighted by Crippen LogP contribution is -2.47. The van der Waals surface area contributed by atoms with Crippen LogP contribution in [0.5, 0.6) is 0 Å². The molecule has 132 valence electrons. The van der Waals surface area contributed by atoms with Gasteiger partial charge in [0.05, 0.1) is 13.0 Å². The highest BCUT2D eigenvalue weighted by atomic mass is 19.4. The van der Waals surface area contributed by atoms with Gasteiger partial charge in [0.25, 0.3) is 5.91 Å². The Morgan fingerprint density at radius 1 is 1.21 bits per heavy atom. The van der Waals surface area contributed by atoms with Gasteiger partial charge in [0, 0.05) is 17.3 Å². The molecule has 2 amide bonds. The molecule has 5 nitrogen and oxygen atoms in total. The molecule has 0 bridgehead atoms. The molecule has 2 atom stereocenters. The van der Waals surface area contributed by atoms with E-state index in [1.807, 2.05) is 0 Å². The Labute approximate surface area is 137 Å². The number of benzene rings is 1. The number of halogens is 3. The van der Waals surface area contributed by atoms with E-state index in [0.717, 1.165) is 0 Å². The van der Waals surface area contributed by atoms with Gasteiger partial charge >= 0.3 is 12.3 Å². The highest BCUT2D eigenvalue weighted by Gasteiger charge is 2.45. The van der Waals surface area contributed by atoms with Crippen molar-refractivity contribution in [3.8, 4) is 0 Å². The van der Waals surface area contributed by atoms with Crippen LogP contribution >= 0.6 is 0 Å². The molecule has 0 heterocycles. The first-order chi connectivity index (χ1) is 11.3. The van der Waals surface area contributed by atoms with Crippen LogP contribution in [0.4, 0.5) is 23.7 Å². The lowest BCUT2D eigenvalue weighted by Gasteiger charge is -2.33. The van der Waals surface area contributed by atoms with Gasteiger partial charge in [0.15, 0.2) is 0 Å². The predicted octanol–water partition coefficient (Wildman–Crippen LogP) is 3.72. The van der Waals surface area contributed by atoms with Crippen molar-refractivity contribution in [2.24, 2.45) is 5.92 Å². The first kappa shape index (κ1) is 18.1. The third-order valence-electron chi connectivity index (χ3n) is 4.06. The van der Waals surface area contributed by atoms with E-state index in [1.54, 1.807) is 6.07 Å². The topological polar surface area (TPSA) is 67.4 Å². The molecule has 0 saturated heterocycles. The van der Waals surface area contributed by atoms with Gasteiger partial charge in [-0.1, -0.05) is 18.9 Å². The maximum absolute atomic E-state index is 13.1. The fraction of sp³-hybridized carbons (Fsp3) is 0.500. The minimum Gasteiger partial charge on any atom is -0.453 e. The summed E-state index contributed by atoms with van der Waals surface area (Å²) in [5, 5.41) is 4.89. The third-order valence-corrected chi connectivity index (χ3v) is 4.06. The summed E-state index contributed by atoms with van der Waals surface area (Å²) in [5.41, 5.74) is 0.501. The van der Waals surface area contributed by atoms with Crippen LogP contribution in [0.15, 0.2) is 24.3 Å². The van der Waals surface area contributed by atoms with Crippen LogP contribution in [0.3, 0.4) is 0 Å². The van der Waals surface area contributed by atoms with E-state index in [1.165, 1.54) is 25.3 Å². The number of amides is 2. The SMILES string of the molecule is COC(=O)Nc1cccc(C(=O)N[C@@H]2CCCC[C@@H]2C(F)(F)F)c1. The highest BCUT2D eigenvalue weighted by molar-refractivity contribution is 5.96. The van der Waals surface area contributed by atoms with Crippen LogP contribution in [0.25, 0.3) is 0 Å². The molecule has 2 N–H and O–H groups in total. The van der Waals surface area contributed by atoms with Crippen molar-refractivity contribution in [1.82, 2.24) is 5.32 Å². The predicted molar refractivity (Wildman–Crippen MR) is 81.7 cm³/mol. The quantitative estimate of drug-likeness (QED) is 0.878. The standard InChI is InChI=1S/C16H19F3N2O3/c1-24-15(23)20-11-6-4-5-10(9-11)14(22)21-13-8-3-2-7-12(13)16(17,18)19/h4-6,9,12-13H,2-3,7-8H2,1H3,(H,20,23)(H,21,22)/t12-,13+/m0/s1. The average molecular weight is 344 g/mol. The summed E-state index contributed by atoms with van der Waals surface area (Å²) in [5.74, 6) is -2.11. The van der Waals surface area contributed by atoms with E-state index < -0.39 is 30.1 Å². The molecule has 1 aliphatic carbocycles. The molecular weight excluding hydrogens is 325 g/mol. The number of carbonyl (C=O) groups is 2. The Hall–Kier alpha value is -2.25. The second-order valence-electron chi connectivity index (χ2n) is 5.71. The molecule has 0 aliphatic heterocycles. The maximum atomic E-state index is 13.1. The number of hydrogen-bond acceptors (Lipinski definition) is 3. The summed E-state index contributed by atoms with van der Waals surface area (Å²) in [7, 11) is 1.20. The Balaban J connectivity index is 2.08. The zero-order chi connectivity index (χ0) is 17.7. The molecule has 2 rings (SSSR count). The van der Waals surface area contributed by atoms with Crippen LogP contribution in [0.1, 0.15) is 36.0 Å². The Morgan fingerprint density at radius 2 is 1.92 bits per heavy atom. The number of methoxy groups -OCH3 is 1. The number of alkyl halides is 3. The van der Waals surface area contributed by atoms with Crippen molar-refractivity contribution in [3.05, 3.63) is 29.8 Å². The zero-order valence-corrected chi connectivity index (χ0v) is 13.2. The van der Waals surface area contributed by atoms with Crippen molar-refractivity contribution in [2.45, 2.75) is 37.9 Å². The van der Waals surface area contributed by atoms with Gasteiger partial charge in [0.1, 0.15) is 0 Å². The van der Waals surface area contributed by atoms with Gasteiger partial charge < -0.3 is 10.1 Å². The lowest BCUT2D eigenvalue weighted by atomic mass is 9.84. The van der Waals surface area contributed by atoms with Crippen molar-refractivity contribution >= 4 is 17.7 Å². The van der Waals surface area contributed by atoms with Crippen LogP contribution < -0.4 is 10.6 Å². The number of hydrogen-bond donors (Lipinski definition) is 2. The van der Waals surface area contributed by atoms with E-state index in [9.17, 15) is 22.8 Å². The van der Waals surface area contributed by atoms with Crippen molar-refractivity contribution in [2.75, 3.05) is 12.4 Å². The monoisotopic (exact) mass is 344 g/mol. The average Bonchev–Trinajstić information content (AvgIpc) is 2.54. The van der Waals surface area contributed by atoms with E-state index in [-0.39, 0.29) is 12.0 Å². The summed E-state index contributed by atoms with van der Waals surface area (Å²) >= 11 is 0. The van der Waals surface area contributed by atoms with Gasteiger partial charge in [-0.3, -0.25) is 10.1 Å². The molecule has 1 fully saturated rings. The summed E-state index contributed by atoms with van der Waals surface area (Å²) in [4.78, 5) is 23.4. The largest absolute Gasteiger partial charge is 0.453 e. The molecule has 1 aromatic rings. The van der Waals surface area contributed by atoms with E-state index in [4.69, 9.17) is 0 Å². The number of rotatable bonds is 3. The third kappa shape index (κ3) is 4.62. The minimum absolute atomic E-state index is 0.0262. The van der Waals surface area contributed by atoms with E-state index >= 15 is 0 Å². The van der Waals surface area contributed by atoms with Gasteiger partial charge in [-0.25, -0.2) is 4.79 Å². The minimum atomic E-state index is -4.33. The molecule has 24 heavy (non-hydrogen) atoms. The van der Waals surface area contributed by atoms with Crippen molar-refractivity contribution in [1.29, 1.82) is 0 Å². The second kappa shape index (κ2) is 7.55. The highest BCUT2D eigenvalue weighted by Crippen LogP contribution is 2.37. The van der Waals surface area contributed by atoms with Crippen LogP contribution in [0.2, 0.25) is 0 Å². The van der Waals surface area contributed by atoms with Crippen LogP contribution in [-0.4, -0.2) is 31.3 Å². The first-order valence-electron chi connectivity index (χ1n) is 7.64. The van der Waals surface area contributed by atoms with Gasteiger partial charge in [0.2, 0.25) is 0 Å². The van der Waals surface area contributed by atoms with Gasteiger partial charge in [-0.15, -0.1) is 0 Å². The molecular formula is C16H19F3N2O3. The Kier molecular flexibility index (Phi) is 5.69. The molecule has 1 aromatic carbocycles. The Bertz CT molecular complexity index is 604. The number of carbonyl (C=O) groups excluding carboxylic acids is 2. The van der Waals surface area contributed by atoms with Gasteiger partial charge in [-0.2, -0.15) is 13.2 Å². The van der Waals surface area contributed by atoms with Crippen molar-refractivity contribution < 1.29 is 27.5 Å². The molecule has 1 saturated carbocycles. The molecule has 0 unspecified atom stereocenters. The Morgan fingerprint density at radius 3 is 2.58 bits per heavy atom. The maximum Gasteiger partial charge on any atom is 0.411 e. The molecule has 8 heteroatoms. The normalized spacial score (nSPS) is 21.0. The summed E-state index contributed by atoms with van der Waals surface area (Å²) in [6, 6.07) is 5.01. The second-order valence-corrected chi connectivity index (χ2v) is 5.71. The fourth-order valence-electron chi connectivity index (χ4n) is 2.85. The van der Waals surface area contributed by atoms with Crippen molar-refractivity contribution in [3.63, 3.8) is 0 Å². The summed E-state index contributed by atoms with van der Waals surface area (Å²) in [6.07, 6.45) is -3.53. The number of anilines is 1. The molecule has 0 spiro atoms. The first-order valence-corrected chi connectivity index (χ1v) is 7.64. The van der Waals surface area contributed by atoms with E-state index in [2.05, 4.69) is 15.4 Å². The summed E-state index contributed by atoms with van der Waals surface area (Å²) in [6.45, 7) is 0. The molecule has 0 aromatic heterocycles. The van der Waals surface area contributed by atoms with Crippen LogP contribution in [-0.2, 0) is 4.74 Å². The van der Waals surface area contributed by atoms with Gasteiger partial charge in [-0.05, 0) is 31.0 Å². The van der Waals surface area contributed by atoms with Crippen LogP contribution in [0, 0.1) is 5.92 Å². The van der Waals surface area contributed by atoms with E-state index in [0.29, 0.717) is 24.9 Å². The smallest absolute Gasteiger partial charge is 0.411 e. The number of ether oxygens (including phenoxy) is 1. The molecule has 0 radical (unpaired) electrons. The number of nitrogens with one attached hydrogen (secondary N) is 2. The zero-order valence-electron chi connectivity index (χ0n) is 13.2. The lowest BCUT2D eigenvalue weighted by molar-refractivity contribution is -0.187. The molecule has 1 aliphatic rings. The summed E-state index contributed by atoms with van der Waals surface area (Å²) < 4.78 is 43.7.